The lowest BCUT2D eigenvalue weighted by atomic mass is 10.3. The molecule has 11 heavy (non-hydrogen) atoms. The van der Waals surface area contributed by atoms with E-state index in [0.29, 0.717) is 0 Å². The van der Waals surface area contributed by atoms with Crippen LogP contribution in [0, 0.1) is 0 Å². The van der Waals surface area contributed by atoms with Gasteiger partial charge in [-0.15, -0.1) is 0 Å². The highest BCUT2D eigenvalue weighted by atomic mass is 16.3. The number of aromatic nitrogens is 1. The summed E-state index contributed by atoms with van der Waals surface area (Å²) in [7, 11) is 0. The van der Waals surface area contributed by atoms with Crippen molar-refractivity contribution in [3.05, 3.63) is 24.5 Å². The first-order valence-corrected chi connectivity index (χ1v) is 3.84. The van der Waals surface area contributed by atoms with Crippen molar-refractivity contribution in [2.45, 2.75) is 19.4 Å². The zero-order valence-corrected chi connectivity index (χ0v) is 6.70. The summed E-state index contributed by atoms with van der Waals surface area (Å²) in [5, 5.41) is 8.93. The van der Waals surface area contributed by atoms with Crippen LogP contribution in [0.2, 0.25) is 0 Å². The fourth-order valence-corrected chi connectivity index (χ4v) is 0.842. The molecule has 1 aromatic rings. The standard InChI is InChI=1S/C8H14N2O/c1-8(11)4-5-9-10-6-2-3-7-10/h2-3,6-9,11H,4-5H2,1H3. The fourth-order valence-electron chi connectivity index (χ4n) is 0.842. The van der Waals surface area contributed by atoms with E-state index in [4.69, 9.17) is 5.11 Å². The number of aliphatic hydroxyl groups is 1. The SMILES string of the molecule is CC(O)CCNn1cccc1. The largest absolute Gasteiger partial charge is 0.393 e. The molecule has 0 radical (unpaired) electrons. The molecule has 1 aromatic heterocycles. The minimum absolute atomic E-state index is 0.224. The van der Waals surface area contributed by atoms with Crippen molar-refractivity contribution < 1.29 is 5.11 Å². The van der Waals surface area contributed by atoms with Gasteiger partial charge in [-0.1, -0.05) is 0 Å². The molecule has 0 aliphatic rings. The Kier molecular flexibility index (Phi) is 2.98. The third-order valence-corrected chi connectivity index (χ3v) is 1.46. The molecule has 1 heterocycles. The van der Waals surface area contributed by atoms with Gasteiger partial charge in [0.2, 0.25) is 0 Å². The zero-order valence-electron chi connectivity index (χ0n) is 6.70. The van der Waals surface area contributed by atoms with Crippen molar-refractivity contribution in [1.29, 1.82) is 0 Å². The summed E-state index contributed by atoms with van der Waals surface area (Å²) >= 11 is 0. The molecule has 2 N–H and O–H groups in total. The minimum atomic E-state index is -0.224. The molecular weight excluding hydrogens is 140 g/mol. The molecule has 0 saturated carbocycles. The van der Waals surface area contributed by atoms with Gasteiger partial charge in [-0.05, 0) is 25.5 Å². The lowest BCUT2D eigenvalue weighted by Crippen LogP contribution is -2.17. The van der Waals surface area contributed by atoms with Gasteiger partial charge >= 0.3 is 0 Å². The zero-order chi connectivity index (χ0) is 8.10. The Morgan fingerprint density at radius 3 is 2.64 bits per heavy atom. The minimum Gasteiger partial charge on any atom is -0.393 e. The van der Waals surface area contributed by atoms with Gasteiger partial charge < -0.3 is 10.5 Å². The van der Waals surface area contributed by atoms with Crippen molar-refractivity contribution in [2.75, 3.05) is 12.0 Å². The molecule has 62 valence electrons. The highest BCUT2D eigenvalue weighted by Gasteiger charge is 1.93. The normalized spacial score (nSPS) is 12.9. The van der Waals surface area contributed by atoms with E-state index in [1.54, 1.807) is 6.92 Å². The van der Waals surface area contributed by atoms with E-state index in [1.165, 1.54) is 0 Å². The van der Waals surface area contributed by atoms with Crippen molar-refractivity contribution in [3.63, 3.8) is 0 Å². The predicted molar refractivity (Wildman–Crippen MR) is 45.0 cm³/mol. The lowest BCUT2D eigenvalue weighted by Gasteiger charge is -2.07. The van der Waals surface area contributed by atoms with Crippen molar-refractivity contribution in [3.8, 4) is 0 Å². The summed E-state index contributed by atoms with van der Waals surface area (Å²) in [6.07, 6.45) is 4.42. The summed E-state index contributed by atoms with van der Waals surface area (Å²) in [4.78, 5) is 0. The molecule has 0 fully saturated rings. The van der Waals surface area contributed by atoms with Crippen LogP contribution in [0.15, 0.2) is 24.5 Å². The van der Waals surface area contributed by atoms with E-state index in [1.807, 2.05) is 29.2 Å². The first-order valence-electron chi connectivity index (χ1n) is 3.84. The smallest absolute Gasteiger partial charge is 0.0529 e. The van der Waals surface area contributed by atoms with Crippen LogP contribution >= 0.6 is 0 Å². The van der Waals surface area contributed by atoms with Crippen molar-refractivity contribution in [1.82, 2.24) is 4.68 Å². The molecule has 0 aromatic carbocycles. The van der Waals surface area contributed by atoms with Gasteiger partial charge in [-0.25, -0.2) is 0 Å². The quantitative estimate of drug-likeness (QED) is 0.673. The van der Waals surface area contributed by atoms with Crippen molar-refractivity contribution in [2.24, 2.45) is 0 Å². The third-order valence-electron chi connectivity index (χ3n) is 1.46. The molecule has 1 unspecified atom stereocenters. The van der Waals surface area contributed by atoms with Crippen LogP contribution in [0.5, 0.6) is 0 Å². The maximum Gasteiger partial charge on any atom is 0.0529 e. The molecule has 1 atom stereocenters. The number of nitrogens with zero attached hydrogens (tertiary/aromatic N) is 1. The first kappa shape index (κ1) is 8.14. The Hall–Kier alpha value is -0.960. The van der Waals surface area contributed by atoms with E-state index >= 15 is 0 Å². The topological polar surface area (TPSA) is 37.2 Å². The van der Waals surface area contributed by atoms with Crippen LogP contribution < -0.4 is 5.43 Å². The first-order chi connectivity index (χ1) is 5.29. The Labute approximate surface area is 66.6 Å². The van der Waals surface area contributed by atoms with Crippen LogP contribution in [-0.2, 0) is 0 Å². The number of hydrogen-bond acceptors (Lipinski definition) is 2. The molecule has 1 rings (SSSR count). The molecule has 0 saturated heterocycles. The Bertz CT molecular complexity index is 182. The molecule has 0 aliphatic carbocycles. The van der Waals surface area contributed by atoms with Gasteiger partial charge in [0.25, 0.3) is 0 Å². The second-order valence-corrected chi connectivity index (χ2v) is 2.64. The van der Waals surface area contributed by atoms with Crippen LogP contribution in [0.4, 0.5) is 0 Å². The average molecular weight is 154 g/mol. The van der Waals surface area contributed by atoms with E-state index in [9.17, 15) is 0 Å². The van der Waals surface area contributed by atoms with Gasteiger partial charge in [0.15, 0.2) is 0 Å². The lowest BCUT2D eigenvalue weighted by molar-refractivity contribution is 0.188. The van der Waals surface area contributed by atoms with E-state index in [0.717, 1.165) is 13.0 Å². The number of aliphatic hydroxyl groups excluding tert-OH is 1. The van der Waals surface area contributed by atoms with Crippen LogP contribution in [-0.4, -0.2) is 22.4 Å². The molecule has 0 bridgehead atoms. The highest BCUT2D eigenvalue weighted by molar-refractivity contribution is 4.92. The molecule has 3 heteroatoms. The average Bonchev–Trinajstić information content (AvgIpc) is 2.39. The van der Waals surface area contributed by atoms with Crippen LogP contribution in [0.1, 0.15) is 13.3 Å². The number of hydrogen-bond donors (Lipinski definition) is 2. The van der Waals surface area contributed by atoms with E-state index < -0.39 is 0 Å². The summed E-state index contributed by atoms with van der Waals surface area (Å²) in [6.45, 7) is 2.59. The van der Waals surface area contributed by atoms with Crippen molar-refractivity contribution >= 4 is 0 Å². The Balaban J connectivity index is 2.14. The maximum absolute atomic E-state index is 8.93. The monoisotopic (exact) mass is 154 g/mol. The van der Waals surface area contributed by atoms with E-state index in [-0.39, 0.29) is 6.10 Å². The van der Waals surface area contributed by atoms with Gasteiger partial charge in [-0.3, -0.25) is 4.68 Å². The summed E-state index contributed by atoms with van der Waals surface area (Å²) < 4.78 is 1.88. The van der Waals surface area contributed by atoms with Gasteiger partial charge in [0.05, 0.1) is 6.10 Å². The van der Waals surface area contributed by atoms with Crippen LogP contribution in [0.25, 0.3) is 0 Å². The maximum atomic E-state index is 8.93. The second kappa shape index (κ2) is 4.03. The molecule has 0 amide bonds. The molecule has 0 spiro atoms. The summed E-state index contributed by atoms with van der Waals surface area (Å²) in [5.41, 5.74) is 3.11. The van der Waals surface area contributed by atoms with Gasteiger partial charge in [0.1, 0.15) is 0 Å². The number of nitrogens with one attached hydrogen (secondary N) is 1. The second-order valence-electron chi connectivity index (χ2n) is 2.64. The number of rotatable bonds is 4. The Morgan fingerprint density at radius 1 is 1.45 bits per heavy atom. The molecule has 3 nitrogen and oxygen atoms in total. The highest BCUT2D eigenvalue weighted by Crippen LogP contribution is 1.89. The summed E-state index contributed by atoms with van der Waals surface area (Å²) in [5.74, 6) is 0. The summed E-state index contributed by atoms with van der Waals surface area (Å²) in [6, 6.07) is 3.91. The van der Waals surface area contributed by atoms with Gasteiger partial charge in [-0.2, -0.15) is 0 Å². The van der Waals surface area contributed by atoms with Gasteiger partial charge in [0, 0.05) is 18.9 Å². The third kappa shape index (κ3) is 3.09. The molecular formula is C8H14N2O. The van der Waals surface area contributed by atoms with Crippen LogP contribution in [0.3, 0.4) is 0 Å². The predicted octanol–water partition coefficient (Wildman–Crippen LogP) is 0.802. The van der Waals surface area contributed by atoms with E-state index in [2.05, 4.69) is 5.43 Å². The Morgan fingerprint density at radius 2 is 2.09 bits per heavy atom. The molecule has 0 aliphatic heterocycles. The fraction of sp³-hybridized carbons (Fsp3) is 0.500.